The summed E-state index contributed by atoms with van der Waals surface area (Å²) in [6, 6.07) is 7.35. The van der Waals surface area contributed by atoms with E-state index in [2.05, 4.69) is 27.7 Å². The van der Waals surface area contributed by atoms with Crippen LogP contribution in [0.1, 0.15) is 142 Å². The lowest BCUT2D eigenvalue weighted by atomic mass is 9.94. The second-order valence-corrected chi connectivity index (χ2v) is 17.1. The van der Waals surface area contributed by atoms with Gasteiger partial charge in [-0.25, -0.2) is 0 Å². The lowest BCUT2D eigenvalue weighted by molar-refractivity contribution is -0.123. The smallest absolute Gasteiger partial charge is 0.266 e. The average Bonchev–Trinajstić information content (AvgIpc) is 3.88. The monoisotopic (exact) mass is 756 g/mol. The SMILES string of the molecule is CCCCCCC(CCCC)CN1C(=O)/C(=C/c2ccc(-c3ccc(/C=C4\SC(=S)N(CC(CCCC)CCCCCC)C4=O)o3)o2)SC1=S. The Morgan fingerprint density at radius 2 is 0.960 bits per heavy atom. The summed E-state index contributed by atoms with van der Waals surface area (Å²) >= 11 is 14.0. The Hall–Kier alpha value is -2.14. The molecule has 6 nitrogen and oxygen atoms in total. The first-order valence-corrected chi connectivity index (χ1v) is 21.4. The van der Waals surface area contributed by atoms with Crippen LogP contribution in [0.15, 0.2) is 42.9 Å². The Balaban J connectivity index is 1.38. The summed E-state index contributed by atoms with van der Waals surface area (Å²) in [5, 5.41) is 0. The first-order valence-electron chi connectivity index (χ1n) is 19.0. The Morgan fingerprint density at radius 3 is 1.34 bits per heavy atom. The maximum absolute atomic E-state index is 13.4. The molecule has 0 radical (unpaired) electrons. The summed E-state index contributed by atoms with van der Waals surface area (Å²) < 4.78 is 13.4. The first-order chi connectivity index (χ1) is 24.3. The van der Waals surface area contributed by atoms with Gasteiger partial charge in [0.15, 0.2) is 11.5 Å². The van der Waals surface area contributed by atoms with Crippen molar-refractivity contribution >= 4 is 80.6 Å². The Labute approximate surface area is 319 Å². The number of carbonyl (C=O) groups excluding carboxylic acids is 2. The van der Waals surface area contributed by atoms with Crippen LogP contribution >= 0.6 is 48.0 Å². The van der Waals surface area contributed by atoms with Gasteiger partial charge in [0.25, 0.3) is 11.8 Å². The molecular formula is C40H56N2O4S4. The summed E-state index contributed by atoms with van der Waals surface area (Å²) in [5.41, 5.74) is 0. The molecule has 2 saturated heterocycles. The van der Waals surface area contributed by atoms with Crippen LogP contribution in [0, 0.1) is 11.8 Å². The fourth-order valence-corrected chi connectivity index (χ4v) is 9.08. The molecular weight excluding hydrogens is 701 g/mol. The average molecular weight is 757 g/mol. The van der Waals surface area contributed by atoms with Gasteiger partial charge in [-0.3, -0.25) is 19.4 Å². The lowest BCUT2D eigenvalue weighted by Crippen LogP contribution is -2.33. The number of amides is 2. The van der Waals surface area contributed by atoms with E-state index in [9.17, 15) is 9.59 Å². The predicted molar refractivity (Wildman–Crippen MR) is 220 cm³/mol. The number of thioether (sulfide) groups is 2. The third kappa shape index (κ3) is 12.0. The Kier molecular flexibility index (Phi) is 17.4. The van der Waals surface area contributed by atoms with E-state index in [0.717, 1.165) is 38.5 Å². The first kappa shape index (κ1) is 40.6. The highest BCUT2D eigenvalue weighted by Gasteiger charge is 2.35. The van der Waals surface area contributed by atoms with Crippen LogP contribution in [-0.2, 0) is 9.59 Å². The van der Waals surface area contributed by atoms with Crippen molar-refractivity contribution < 1.29 is 18.4 Å². The summed E-state index contributed by atoms with van der Waals surface area (Å²) in [5.74, 6) is 3.07. The number of furan rings is 2. The highest BCUT2D eigenvalue weighted by Crippen LogP contribution is 2.37. The maximum Gasteiger partial charge on any atom is 0.266 e. The topological polar surface area (TPSA) is 66.9 Å². The van der Waals surface area contributed by atoms with Crippen LogP contribution in [0.5, 0.6) is 0 Å². The molecule has 50 heavy (non-hydrogen) atoms. The molecule has 0 spiro atoms. The third-order valence-electron chi connectivity index (χ3n) is 9.54. The van der Waals surface area contributed by atoms with E-state index in [0.29, 0.717) is 66.4 Å². The van der Waals surface area contributed by atoms with E-state index >= 15 is 0 Å². The number of hydrogen-bond donors (Lipinski definition) is 0. The third-order valence-corrected chi connectivity index (χ3v) is 12.3. The van der Waals surface area contributed by atoms with E-state index in [1.54, 1.807) is 22.0 Å². The van der Waals surface area contributed by atoms with Crippen molar-refractivity contribution in [3.8, 4) is 11.5 Å². The quantitative estimate of drug-likeness (QED) is 0.0631. The van der Waals surface area contributed by atoms with Gasteiger partial charge in [-0.1, -0.05) is 153 Å². The molecule has 2 aromatic rings. The molecule has 0 N–H and O–H groups in total. The molecule has 0 aromatic carbocycles. The highest BCUT2D eigenvalue weighted by atomic mass is 32.2. The number of nitrogens with zero attached hydrogens (tertiary/aromatic N) is 2. The summed E-state index contributed by atoms with van der Waals surface area (Å²) in [7, 11) is 0. The lowest BCUT2D eigenvalue weighted by Gasteiger charge is -2.23. The molecule has 2 amide bonds. The zero-order valence-electron chi connectivity index (χ0n) is 30.5. The number of carbonyl (C=O) groups is 2. The Bertz CT molecular complexity index is 1380. The predicted octanol–water partition coefficient (Wildman–Crippen LogP) is 12.5. The van der Waals surface area contributed by atoms with E-state index in [1.807, 2.05) is 24.3 Å². The van der Waals surface area contributed by atoms with E-state index in [4.69, 9.17) is 33.3 Å². The van der Waals surface area contributed by atoms with Crippen LogP contribution in [0.2, 0.25) is 0 Å². The van der Waals surface area contributed by atoms with Gasteiger partial charge in [0.05, 0.1) is 9.81 Å². The minimum absolute atomic E-state index is 0.0428. The zero-order chi connectivity index (χ0) is 35.9. The van der Waals surface area contributed by atoms with E-state index in [-0.39, 0.29) is 11.8 Å². The molecule has 2 aliphatic heterocycles. The van der Waals surface area contributed by atoms with E-state index in [1.165, 1.54) is 87.7 Å². The fraction of sp³-hybridized carbons (Fsp3) is 0.600. The molecule has 2 fully saturated rings. The van der Waals surface area contributed by atoms with Gasteiger partial charge in [0.2, 0.25) is 0 Å². The van der Waals surface area contributed by atoms with Crippen LogP contribution < -0.4 is 0 Å². The van der Waals surface area contributed by atoms with Crippen molar-refractivity contribution in [3.05, 3.63) is 45.6 Å². The van der Waals surface area contributed by atoms with Gasteiger partial charge in [0, 0.05) is 25.2 Å². The van der Waals surface area contributed by atoms with Gasteiger partial charge in [0.1, 0.15) is 20.2 Å². The van der Waals surface area contributed by atoms with Gasteiger partial charge in [-0.2, -0.15) is 0 Å². The molecule has 10 heteroatoms. The number of hydrogen-bond acceptors (Lipinski definition) is 8. The molecule has 0 aliphatic carbocycles. The van der Waals surface area contributed by atoms with Crippen molar-refractivity contribution in [2.75, 3.05) is 13.1 Å². The molecule has 274 valence electrons. The van der Waals surface area contributed by atoms with Crippen molar-refractivity contribution in [2.45, 2.75) is 130 Å². The molecule has 2 aromatic heterocycles. The van der Waals surface area contributed by atoms with Crippen LogP contribution in [-0.4, -0.2) is 43.3 Å². The van der Waals surface area contributed by atoms with Crippen molar-refractivity contribution in [1.82, 2.24) is 9.80 Å². The van der Waals surface area contributed by atoms with Gasteiger partial charge >= 0.3 is 0 Å². The Morgan fingerprint density at radius 1 is 0.580 bits per heavy atom. The molecule has 2 atom stereocenters. The van der Waals surface area contributed by atoms with Crippen LogP contribution in [0.4, 0.5) is 0 Å². The van der Waals surface area contributed by atoms with Crippen molar-refractivity contribution in [3.63, 3.8) is 0 Å². The summed E-state index contributed by atoms with van der Waals surface area (Å²) in [6.07, 6.45) is 22.6. The molecule has 4 rings (SSSR count). The number of rotatable bonds is 23. The second kappa shape index (κ2) is 21.4. The van der Waals surface area contributed by atoms with Gasteiger partial charge < -0.3 is 8.83 Å². The second-order valence-electron chi connectivity index (χ2n) is 13.7. The molecule has 4 heterocycles. The standard InChI is InChI=1S/C40H56N2O4S4/c1-5-9-13-15-19-29(17-11-7-3)27-41-37(43)35(49-39(41)47)25-31-21-23-33(45-31)34-24-22-32(46-34)26-36-38(44)42(40(48)50-36)28-30(18-12-8-4)20-16-14-10-6-2/h21-26,29-30H,5-20,27-28H2,1-4H3/b35-25-,36-26-. The molecule has 0 saturated carbocycles. The largest absolute Gasteiger partial charge is 0.453 e. The fourth-order valence-electron chi connectivity index (χ4n) is 6.57. The van der Waals surface area contributed by atoms with Crippen LogP contribution in [0.3, 0.4) is 0 Å². The molecule has 2 aliphatic rings. The van der Waals surface area contributed by atoms with Crippen molar-refractivity contribution in [2.24, 2.45) is 11.8 Å². The van der Waals surface area contributed by atoms with Crippen LogP contribution in [0.25, 0.3) is 23.7 Å². The minimum Gasteiger partial charge on any atom is -0.453 e. The summed E-state index contributed by atoms with van der Waals surface area (Å²) in [4.78, 5) is 31.6. The van der Waals surface area contributed by atoms with Gasteiger partial charge in [-0.05, 0) is 61.8 Å². The molecule has 2 unspecified atom stereocenters. The minimum atomic E-state index is -0.0428. The highest BCUT2D eigenvalue weighted by molar-refractivity contribution is 8.27. The molecule has 0 bridgehead atoms. The number of unbranched alkanes of at least 4 members (excludes halogenated alkanes) is 8. The zero-order valence-corrected chi connectivity index (χ0v) is 33.8. The number of thiocarbonyl (C=S) groups is 2. The maximum atomic E-state index is 13.4. The summed E-state index contributed by atoms with van der Waals surface area (Å²) in [6.45, 7) is 10.3. The van der Waals surface area contributed by atoms with Crippen molar-refractivity contribution in [1.29, 1.82) is 0 Å². The van der Waals surface area contributed by atoms with E-state index < -0.39 is 0 Å². The normalized spacial score (nSPS) is 18.1. The van der Waals surface area contributed by atoms with Gasteiger partial charge in [-0.15, -0.1) is 0 Å².